The van der Waals surface area contributed by atoms with E-state index in [1.165, 1.54) is 12.1 Å². The summed E-state index contributed by atoms with van der Waals surface area (Å²) in [5.41, 5.74) is 1.50. The smallest absolute Gasteiger partial charge is 0.263 e. The van der Waals surface area contributed by atoms with Crippen molar-refractivity contribution in [2.24, 2.45) is 0 Å². The van der Waals surface area contributed by atoms with E-state index >= 15 is 0 Å². The minimum absolute atomic E-state index is 0.180. The summed E-state index contributed by atoms with van der Waals surface area (Å²) >= 11 is 0. The third-order valence-corrected chi connectivity index (χ3v) is 5.12. The third kappa shape index (κ3) is 3.78. The van der Waals surface area contributed by atoms with Gasteiger partial charge < -0.3 is 4.74 Å². The maximum atomic E-state index is 12.7. The molecule has 0 radical (unpaired) electrons. The third-order valence-electron chi connectivity index (χ3n) is 3.76. The molecule has 0 aliphatic rings. The van der Waals surface area contributed by atoms with E-state index in [0.717, 1.165) is 11.3 Å². The first-order valence-corrected chi connectivity index (χ1v) is 9.42. The van der Waals surface area contributed by atoms with Crippen LogP contribution in [-0.2, 0) is 16.6 Å². The number of allylic oxidation sites excluding steroid dienone is 1. The van der Waals surface area contributed by atoms with Crippen molar-refractivity contribution < 1.29 is 13.2 Å². The number of nitrogens with one attached hydrogen (secondary N) is 1. The van der Waals surface area contributed by atoms with Crippen molar-refractivity contribution in [3.63, 3.8) is 0 Å². The zero-order valence-electron chi connectivity index (χ0n) is 14.3. The lowest BCUT2D eigenvalue weighted by Gasteiger charge is -2.08. The van der Waals surface area contributed by atoms with Crippen molar-refractivity contribution in [2.45, 2.75) is 11.4 Å². The minimum atomic E-state index is -3.73. The molecule has 1 aromatic heterocycles. The van der Waals surface area contributed by atoms with E-state index in [-0.39, 0.29) is 10.7 Å². The van der Waals surface area contributed by atoms with Crippen molar-refractivity contribution in [3.8, 4) is 16.9 Å². The fraction of sp³-hybridized carbons (Fsp3) is 0.105. The lowest BCUT2D eigenvalue weighted by atomic mass is 10.1. The highest BCUT2D eigenvalue weighted by molar-refractivity contribution is 7.92. The average molecular weight is 369 g/mol. The molecule has 26 heavy (non-hydrogen) atoms. The lowest BCUT2D eigenvalue weighted by Crippen LogP contribution is -2.14. The predicted octanol–water partition coefficient (Wildman–Crippen LogP) is 3.55. The highest BCUT2D eigenvalue weighted by atomic mass is 32.2. The summed E-state index contributed by atoms with van der Waals surface area (Å²) in [5, 5.41) is 4.35. The Bertz CT molecular complexity index is 994. The van der Waals surface area contributed by atoms with Crippen LogP contribution in [0.1, 0.15) is 0 Å². The van der Waals surface area contributed by atoms with E-state index in [0.29, 0.717) is 12.1 Å². The first kappa shape index (κ1) is 17.8. The van der Waals surface area contributed by atoms with Gasteiger partial charge in [0.1, 0.15) is 5.75 Å². The quantitative estimate of drug-likeness (QED) is 0.647. The molecule has 1 N–H and O–H groups in total. The highest BCUT2D eigenvalue weighted by Gasteiger charge is 2.19. The van der Waals surface area contributed by atoms with Crippen LogP contribution in [0.2, 0.25) is 0 Å². The Morgan fingerprint density at radius 1 is 1.15 bits per heavy atom. The van der Waals surface area contributed by atoms with Gasteiger partial charge in [0.25, 0.3) is 10.0 Å². The zero-order valence-corrected chi connectivity index (χ0v) is 15.1. The molecule has 6 nitrogen and oxygen atoms in total. The second-order valence-corrected chi connectivity index (χ2v) is 7.23. The van der Waals surface area contributed by atoms with Crippen LogP contribution in [0.3, 0.4) is 0 Å². The summed E-state index contributed by atoms with van der Waals surface area (Å²) in [6, 6.07) is 15.5. The van der Waals surface area contributed by atoms with E-state index in [4.69, 9.17) is 4.74 Å². The van der Waals surface area contributed by atoms with Crippen LogP contribution in [-0.4, -0.2) is 25.3 Å². The Balaban J connectivity index is 2.01. The van der Waals surface area contributed by atoms with Crippen LogP contribution in [0.25, 0.3) is 11.1 Å². The minimum Gasteiger partial charge on any atom is -0.497 e. The molecule has 0 aliphatic carbocycles. The fourth-order valence-corrected chi connectivity index (χ4v) is 3.53. The van der Waals surface area contributed by atoms with Gasteiger partial charge in [-0.05, 0) is 29.8 Å². The summed E-state index contributed by atoms with van der Waals surface area (Å²) in [4.78, 5) is 0.180. The normalized spacial score (nSPS) is 11.1. The summed E-state index contributed by atoms with van der Waals surface area (Å²) < 4.78 is 34.7. The number of hydrogen-bond acceptors (Lipinski definition) is 4. The van der Waals surface area contributed by atoms with Gasteiger partial charge in [-0.1, -0.05) is 36.4 Å². The van der Waals surface area contributed by atoms with E-state index in [1.54, 1.807) is 42.3 Å². The number of benzene rings is 2. The van der Waals surface area contributed by atoms with Gasteiger partial charge >= 0.3 is 0 Å². The summed E-state index contributed by atoms with van der Waals surface area (Å²) in [7, 11) is -2.14. The summed E-state index contributed by atoms with van der Waals surface area (Å²) in [6.07, 6.45) is 3.48. The Morgan fingerprint density at radius 3 is 2.46 bits per heavy atom. The molecule has 0 fully saturated rings. The molecule has 134 valence electrons. The second kappa shape index (κ2) is 7.45. The predicted molar refractivity (Wildman–Crippen MR) is 102 cm³/mol. The van der Waals surface area contributed by atoms with Crippen molar-refractivity contribution in [2.75, 3.05) is 11.8 Å². The lowest BCUT2D eigenvalue weighted by molar-refractivity contribution is 0.415. The number of ether oxygens (including phenoxy) is 1. The van der Waals surface area contributed by atoms with Crippen LogP contribution >= 0.6 is 0 Å². The first-order chi connectivity index (χ1) is 12.5. The fourth-order valence-electron chi connectivity index (χ4n) is 2.49. The largest absolute Gasteiger partial charge is 0.497 e. The maximum Gasteiger partial charge on any atom is 0.263 e. The monoisotopic (exact) mass is 369 g/mol. The highest BCUT2D eigenvalue weighted by Crippen LogP contribution is 2.30. The molecule has 0 saturated carbocycles. The van der Waals surface area contributed by atoms with Crippen LogP contribution in [0.4, 0.5) is 5.82 Å². The molecule has 3 rings (SSSR count). The number of hydrogen-bond donors (Lipinski definition) is 1. The van der Waals surface area contributed by atoms with Gasteiger partial charge in [-0.3, -0.25) is 9.40 Å². The molecule has 7 heteroatoms. The Kier molecular flexibility index (Phi) is 5.09. The molecular formula is C19H19N3O3S. The van der Waals surface area contributed by atoms with Crippen molar-refractivity contribution >= 4 is 15.8 Å². The molecule has 3 aromatic rings. The van der Waals surface area contributed by atoms with Gasteiger partial charge in [0.05, 0.1) is 18.6 Å². The molecule has 1 heterocycles. The van der Waals surface area contributed by atoms with Crippen molar-refractivity contribution in [1.82, 2.24) is 9.78 Å². The molecular weight excluding hydrogens is 350 g/mol. The molecule has 0 aliphatic heterocycles. The molecule has 2 aromatic carbocycles. The molecule has 0 unspecified atom stereocenters. The van der Waals surface area contributed by atoms with Gasteiger partial charge in [0.15, 0.2) is 5.82 Å². The summed E-state index contributed by atoms with van der Waals surface area (Å²) in [6.45, 7) is 4.16. The SMILES string of the molecule is C=CCn1cc(-c2ccc(OC)cc2)c(NS(=O)(=O)c2ccccc2)n1. The van der Waals surface area contributed by atoms with Crippen LogP contribution in [0.15, 0.2) is 78.3 Å². The number of rotatable bonds is 7. The summed E-state index contributed by atoms with van der Waals surface area (Å²) in [5.74, 6) is 0.986. The molecule has 0 spiro atoms. The van der Waals surface area contributed by atoms with Gasteiger partial charge in [-0.2, -0.15) is 5.10 Å². The van der Waals surface area contributed by atoms with Crippen LogP contribution in [0.5, 0.6) is 5.75 Å². The van der Waals surface area contributed by atoms with Gasteiger partial charge in [-0.25, -0.2) is 8.42 Å². The Labute approximate surface area is 152 Å². The molecule has 0 amide bonds. The Morgan fingerprint density at radius 2 is 1.85 bits per heavy atom. The number of aromatic nitrogens is 2. The number of methoxy groups -OCH3 is 1. The number of nitrogens with zero attached hydrogens (tertiary/aromatic N) is 2. The van der Waals surface area contributed by atoms with Crippen molar-refractivity contribution in [1.29, 1.82) is 0 Å². The maximum absolute atomic E-state index is 12.7. The van der Waals surface area contributed by atoms with Gasteiger partial charge in [-0.15, -0.1) is 6.58 Å². The van der Waals surface area contributed by atoms with Crippen LogP contribution in [0, 0.1) is 0 Å². The molecule has 0 bridgehead atoms. The average Bonchev–Trinajstić information content (AvgIpc) is 3.04. The van der Waals surface area contributed by atoms with E-state index in [9.17, 15) is 8.42 Å². The Hall–Kier alpha value is -3.06. The van der Waals surface area contributed by atoms with Gasteiger partial charge in [0.2, 0.25) is 0 Å². The number of sulfonamides is 1. The van der Waals surface area contributed by atoms with Gasteiger partial charge in [0, 0.05) is 11.8 Å². The number of anilines is 1. The molecule has 0 saturated heterocycles. The van der Waals surface area contributed by atoms with Crippen LogP contribution < -0.4 is 9.46 Å². The topological polar surface area (TPSA) is 73.2 Å². The molecule has 0 atom stereocenters. The van der Waals surface area contributed by atoms with Crippen molar-refractivity contribution in [3.05, 3.63) is 73.4 Å². The zero-order chi connectivity index (χ0) is 18.6. The van der Waals surface area contributed by atoms with E-state index in [2.05, 4.69) is 16.4 Å². The first-order valence-electron chi connectivity index (χ1n) is 7.94. The second-order valence-electron chi connectivity index (χ2n) is 5.55. The van der Waals surface area contributed by atoms with E-state index in [1.807, 2.05) is 24.3 Å². The van der Waals surface area contributed by atoms with E-state index < -0.39 is 10.0 Å². The standard InChI is InChI=1S/C19H19N3O3S/c1-3-13-22-14-18(15-9-11-16(25-2)12-10-15)19(20-22)21-26(23,24)17-7-5-4-6-8-17/h3-12,14H,1,13H2,2H3,(H,20,21).